The molecule has 38 valence electrons. The van der Waals surface area contributed by atoms with Gasteiger partial charge in [-0.05, 0) is 18.4 Å². The highest BCUT2D eigenvalue weighted by Gasteiger charge is 2.12. The first-order valence-electron chi connectivity index (χ1n) is 2.25. The van der Waals surface area contributed by atoms with Crippen molar-refractivity contribution in [2.24, 2.45) is 0 Å². The highest BCUT2D eigenvalue weighted by atomic mass is 16.5. The molecule has 1 rings (SSSR count). The van der Waals surface area contributed by atoms with E-state index < -0.39 is 0 Å². The van der Waals surface area contributed by atoms with E-state index in [2.05, 4.69) is 6.72 Å². The van der Waals surface area contributed by atoms with Crippen LogP contribution in [0.1, 0.15) is 12.8 Å². The van der Waals surface area contributed by atoms with E-state index in [9.17, 15) is 5.21 Å². The van der Waals surface area contributed by atoms with Crippen LogP contribution in [0.4, 0.5) is 0 Å². The molecular weight excluding hydrogens is 90.1 g/mol. The first-order valence-corrected chi connectivity index (χ1v) is 2.25. The van der Waals surface area contributed by atoms with E-state index in [1.165, 1.54) is 11.8 Å². The Bertz CT molecular complexity index is 120. The molecule has 0 aromatic carbocycles. The third kappa shape index (κ3) is 1.39. The van der Waals surface area contributed by atoms with Crippen molar-refractivity contribution in [1.29, 1.82) is 0 Å². The summed E-state index contributed by atoms with van der Waals surface area (Å²) in [6, 6.07) is 0. The molecular formula is C5H7NO. The van der Waals surface area contributed by atoms with E-state index in [0.717, 1.165) is 12.8 Å². The molecule has 0 spiro atoms. The molecule has 1 aliphatic rings. The Morgan fingerprint density at radius 3 is 2.43 bits per heavy atom. The summed E-state index contributed by atoms with van der Waals surface area (Å²) in [5.41, 5.74) is 1.21. The standard InChI is InChI=1S/C5H7NO/c1-6(7)4-5-2-3-5/h4H,1-3H2. The van der Waals surface area contributed by atoms with Crippen LogP contribution in [0.5, 0.6) is 0 Å². The molecule has 0 radical (unpaired) electrons. The van der Waals surface area contributed by atoms with Gasteiger partial charge in [-0.25, -0.2) is 0 Å². The van der Waals surface area contributed by atoms with Crippen molar-refractivity contribution in [2.75, 3.05) is 0 Å². The van der Waals surface area contributed by atoms with Crippen LogP contribution in [0.3, 0.4) is 0 Å². The van der Waals surface area contributed by atoms with Gasteiger partial charge in [0.25, 0.3) is 0 Å². The van der Waals surface area contributed by atoms with Crippen molar-refractivity contribution in [1.82, 2.24) is 0 Å². The molecule has 2 nitrogen and oxygen atoms in total. The van der Waals surface area contributed by atoms with Gasteiger partial charge in [0.1, 0.15) is 6.72 Å². The minimum Gasteiger partial charge on any atom is -0.619 e. The number of hydroxylamine groups is 1. The Labute approximate surface area is 42.4 Å². The lowest BCUT2D eigenvalue weighted by Gasteiger charge is -1.86. The van der Waals surface area contributed by atoms with Crippen LogP contribution in [-0.4, -0.2) is 11.5 Å². The molecule has 1 fully saturated rings. The SMILES string of the molecule is C=[N+]([O-])C=C1CC1. The number of rotatable bonds is 1. The average Bonchev–Trinajstić information content (AvgIpc) is 2.17. The van der Waals surface area contributed by atoms with Gasteiger partial charge in [-0.15, -0.1) is 0 Å². The maximum absolute atomic E-state index is 10.0. The van der Waals surface area contributed by atoms with Crippen LogP contribution >= 0.6 is 0 Å². The zero-order valence-electron chi connectivity index (χ0n) is 4.05. The summed E-state index contributed by atoms with van der Waals surface area (Å²) >= 11 is 0. The third-order valence-electron chi connectivity index (χ3n) is 0.865. The van der Waals surface area contributed by atoms with Crippen molar-refractivity contribution in [2.45, 2.75) is 12.8 Å². The van der Waals surface area contributed by atoms with Crippen LogP contribution in [0.25, 0.3) is 0 Å². The van der Waals surface area contributed by atoms with E-state index in [0.29, 0.717) is 4.74 Å². The Balaban J connectivity index is 2.45. The van der Waals surface area contributed by atoms with Gasteiger partial charge >= 0.3 is 0 Å². The Morgan fingerprint density at radius 1 is 1.71 bits per heavy atom. The maximum Gasteiger partial charge on any atom is 0.178 e. The Morgan fingerprint density at radius 2 is 2.29 bits per heavy atom. The first-order chi connectivity index (χ1) is 3.29. The molecule has 0 aromatic rings. The van der Waals surface area contributed by atoms with E-state index in [-0.39, 0.29) is 0 Å². The molecule has 0 unspecified atom stereocenters. The Hall–Kier alpha value is -0.790. The number of hydrogen-bond donors (Lipinski definition) is 0. The molecule has 0 aliphatic heterocycles. The third-order valence-corrected chi connectivity index (χ3v) is 0.865. The molecule has 0 amide bonds. The van der Waals surface area contributed by atoms with E-state index >= 15 is 0 Å². The smallest absolute Gasteiger partial charge is 0.178 e. The second-order valence-corrected chi connectivity index (χ2v) is 1.70. The molecule has 7 heavy (non-hydrogen) atoms. The zero-order valence-corrected chi connectivity index (χ0v) is 4.05. The topological polar surface area (TPSA) is 26.1 Å². The van der Waals surface area contributed by atoms with Gasteiger partial charge in [0.2, 0.25) is 0 Å². The summed E-state index contributed by atoms with van der Waals surface area (Å²) in [6.07, 6.45) is 3.71. The molecule has 2 heteroatoms. The van der Waals surface area contributed by atoms with Crippen LogP contribution in [-0.2, 0) is 0 Å². The summed E-state index contributed by atoms with van der Waals surface area (Å²) < 4.78 is 0.600. The second kappa shape index (κ2) is 1.37. The molecule has 0 N–H and O–H groups in total. The zero-order chi connectivity index (χ0) is 5.28. The fourth-order valence-electron chi connectivity index (χ4n) is 0.405. The molecule has 0 bridgehead atoms. The monoisotopic (exact) mass is 97.1 g/mol. The van der Waals surface area contributed by atoms with Gasteiger partial charge in [-0.3, -0.25) is 0 Å². The normalized spacial score (nSPS) is 16.3. The predicted octanol–water partition coefficient (Wildman–Crippen LogP) is 0.875. The van der Waals surface area contributed by atoms with Crippen molar-refractivity contribution in [3.63, 3.8) is 0 Å². The fourth-order valence-corrected chi connectivity index (χ4v) is 0.405. The molecule has 0 saturated heterocycles. The van der Waals surface area contributed by atoms with E-state index in [1.54, 1.807) is 0 Å². The molecule has 0 atom stereocenters. The minimum atomic E-state index is 0.600. The van der Waals surface area contributed by atoms with Gasteiger partial charge in [-0.2, -0.15) is 4.74 Å². The highest BCUT2D eigenvalue weighted by molar-refractivity contribution is 5.19. The van der Waals surface area contributed by atoms with Crippen LogP contribution in [0.15, 0.2) is 11.8 Å². The number of allylic oxidation sites excluding steroid dienone is 1. The van der Waals surface area contributed by atoms with Gasteiger partial charge in [0.05, 0.1) is 0 Å². The van der Waals surface area contributed by atoms with E-state index in [4.69, 9.17) is 0 Å². The highest BCUT2D eigenvalue weighted by Crippen LogP contribution is 2.26. The minimum absolute atomic E-state index is 0.600. The summed E-state index contributed by atoms with van der Waals surface area (Å²) in [5, 5.41) is 10.0. The molecule has 1 saturated carbocycles. The lowest BCUT2D eigenvalue weighted by atomic mass is 10.7. The van der Waals surface area contributed by atoms with Crippen molar-refractivity contribution in [3.05, 3.63) is 17.0 Å². The van der Waals surface area contributed by atoms with Crippen LogP contribution < -0.4 is 0 Å². The number of nitrogens with zero attached hydrogens (tertiary/aromatic N) is 1. The van der Waals surface area contributed by atoms with Crippen LogP contribution in [0, 0.1) is 5.21 Å². The largest absolute Gasteiger partial charge is 0.619 e. The lowest BCUT2D eigenvalue weighted by molar-refractivity contribution is -0.368. The van der Waals surface area contributed by atoms with E-state index in [1.807, 2.05) is 0 Å². The lowest BCUT2D eigenvalue weighted by Crippen LogP contribution is -1.82. The van der Waals surface area contributed by atoms with Crippen molar-refractivity contribution >= 4 is 6.72 Å². The van der Waals surface area contributed by atoms with Crippen LogP contribution in [0.2, 0.25) is 0 Å². The summed E-state index contributed by atoms with van der Waals surface area (Å²) in [7, 11) is 0. The first kappa shape index (κ1) is 4.37. The Kier molecular flexibility index (Phi) is 0.855. The fraction of sp³-hybridized carbons (Fsp3) is 0.400. The summed E-state index contributed by atoms with van der Waals surface area (Å²) in [6.45, 7) is 3.12. The van der Waals surface area contributed by atoms with Crippen molar-refractivity contribution < 1.29 is 4.74 Å². The summed E-state index contributed by atoms with van der Waals surface area (Å²) in [5.74, 6) is 0. The van der Waals surface area contributed by atoms with Gasteiger partial charge < -0.3 is 5.21 Å². The molecule has 1 aliphatic carbocycles. The average molecular weight is 97.1 g/mol. The predicted molar refractivity (Wildman–Crippen MR) is 28.1 cm³/mol. The van der Waals surface area contributed by atoms with Gasteiger partial charge in [0, 0.05) is 0 Å². The number of hydrogen-bond acceptors (Lipinski definition) is 1. The maximum atomic E-state index is 10.0. The van der Waals surface area contributed by atoms with Gasteiger partial charge in [0.15, 0.2) is 6.20 Å². The van der Waals surface area contributed by atoms with Crippen molar-refractivity contribution in [3.8, 4) is 0 Å². The quantitative estimate of drug-likeness (QED) is 0.206. The molecule has 0 heterocycles. The van der Waals surface area contributed by atoms with Gasteiger partial charge in [-0.1, -0.05) is 0 Å². The second-order valence-electron chi connectivity index (χ2n) is 1.70. The molecule has 0 aromatic heterocycles. The summed E-state index contributed by atoms with van der Waals surface area (Å²) in [4.78, 5) is 0.